The number of anilines is 1. The summed E-state index contributed by atoms with van der Waals surface area (Å²) in [4.78, 5) is 27.4. The summed E-state index contributed by atoms with van der Waals surface area (Å²) in [6.07, 6.45) is 4.46. The van der Waals surface area contributed by atoms with Crippen molar-refractivity contribution in [1.29, 1.82) is 0 Å². The quantitative estimate of drug-likeness (QED) is 0.523. The molecule has 0 radical (unpaired) electrons. The summed E-state index contributed by atoms with van der Waals surface area (Å²) < 4.78 is 30.1. The molecule has 4 rings (SSSR count). The van der Waals surface area contributed by atoms with Gasteiger partial charge in [-0.1, -0.05) is 54.2 Å². The van der Waals surface area contributed by atoms with E-state index in [9.17, 15) is 18.0 Å². The van der Waals surface area contributed by atoms with Crippen molar-refractivity contribution in [2.45, 2.75) is 54.0 Å². The Bertz CT molecular complexity index is 1180. The van der Waals surface area contributed by atoms with Crippen LogP contribution in [0.25, 0.3) is 0 Å². The first-order valence-corrected chi connectivity index (χ1v) is 14.3. The van der Waals surface area contributed by atoms with Crippen LogP contribution in [0.4, 0.5) is 5.69 Å². The number of nitrogens with zero attached hydrogens (tertiary/aromatic N) is 2. The highest BCUT2D eigenvalue weighted by molar-refractivity contribution is 8.16. The van der Waals surface area contributed by atoms with Gasteiger partial charge in [-0.05, 0) is 49.2 Å². The number of halogens is 2. The Balaban J connectivity index is 1.56. The third-order valence-corrected chi connectivity index (χ3v) is 9.89. The van der Waals surface area contributed by atoms with E-state index in [0.717, 1.165) is 55.2 Å². The molecule has 1 atom stereocenters. The minimum atomic E-state index is -4.03. The molecule has 176 valence electrons. The molecule has 1 N–H and O–H groups in total. The molecule has 1 saturated heterocycles. The molecule has 1 aromatic carbocycles. The third-order valence-electron chi connectivity index (χ3n) is 5.41. The van der Waals surface area contributed by atoms with Crippen LogP contribution in [0.15, 0.2) is 45.0 Å². The average Bonchev–Trinajstić information content (AvgIpc) is 3.34. The Kier molecular flexibility index (Phi) is 7.69. The fourth-order valence-electron chi connectivity index (χ4n) is 3.85. The molecule has 0 bridgehead atoms. The van der Waals surface area contributed by atoms with Crippen LogP contribution in [0.3, 0.4) is 0 Å². The largest absolute Gasteiger partial charge is 0.326 e. The van der Waals surface area contributed by atoms with Gasteiger partial charge in [-0.3, -0.25) is 14.5 Å². The summed E-state index contributed by atoms with van der Waals surface area (Å²) in [5.74, 6) is -0.628. The van der Waals surface area contributed by atoms with Crippen molar-refractivity contribution < 1.29 is 18.0 Å². The van der Waals surface area contributed by atoms with Crippen LogP contribution >= 0.6 is 46.3 Å². The average molecular weight is 547 g/mol. The zero-order chi connectivity index (χ0) is 23.6. The number of rotatable bonds is 6. The first kappa shape index (κ1) is 24.5. The Morgan fingerprint density at radius 1 is 1.09 bits per heavy atom. The van der Waals surface area contributed by atoms with Gasteiger partial charge in [-0.2, -0.15) is 8.42 Å². The van der Waals surface area contributed by atoms with Gasteiger partial charge in [0.1, 0.15) is 9.46 Å². The summed E-state index contributed by atoms with van der Waals surface area (Å²) in [5, 5.41) is 2.67. The van der Waals surface area contributed by atoms with E-state index in [0.29, 0.717) is 15.0 Å². The molecule has 33 heavy (non-hydrogen) atoms. The molecule has 2 heterocycles. The molecule has 1 saturated carbocycles. The van der Waals surface area contributed by atoms with Gasteiger partial charge in [-0.15, -0.1) is 15.7 Å². The van der Waals surface area contributed by atoms with Crippen molar-refractivity contribution in [3.05, 3.63) is 45.8 Å². The minimum absolute atomic E-state index is 0.0144. The maximum Gasteiger partial charge on any atom is 0.294 e. The van der Waals surface area contributed by atoms with Gasteiger partial charge in [0.25, 0.3) is 10.0 Å². The molecular formula is C21H21Cl2N3O4S3. The Morgan fingerprint density at radius 2 is 1.79 bits per heavy atom. The molecule has 1 aliphatic carbocycles. The van der Waals surface area contributed by atoms with Gasteiger partial charge >= 0.3 is 0 Å². The standard InChI is InChI=1S/C21H21Cl2N3O4S3/c22-13-6-8-14(9-7-13)24-18(27)12-16-20(28)26(15-4-2-1-3-5-15)21(31-16)25-33(29,30)19-11-10-17(23)32-19/h6-11,15-16H,1-5,12H2,(H,24,27)/b25-21+. The van der Waals surface area contributed by atoms with E-state index in [1.165, 1.54) is 17.0 Å². The van der Waals surface area contributed by atoms with Crippen molar-refractivity contribution >= 4 is 79.0 Å². The van der Waals surface area contributed by atoms with E-state index in [2.05, 4.69) is 9.71 Å². The SMILES string of the molecule is O=C(CC1S/C(=N/S(=O)(=O)c2ccc(Cl)s2)N(C2CCCCC2)C1=O)Nc1ccc(Cl)cc1. The number of nitrogens with one attached hydrogen (secondary N) is 1. The van der Waals surface area contributed by atoms with E-state index < -0.39 is 15.3 Å². The molecular weight excluding hydrogens is 525 g/mol. The lowest BCUT2D eigenvalue weighted by Gasteiger charge is -2.30. The summed E-state index contributed by atoms with van der Waals surface area (Å²) >= 11 is 13.7. The van der Waals surface area contributed by atoms with Crippen LogP contribution in [-0.2, 0) is 19.6 Å². The maximum atomic E-state index is 13.3. The summed E-state index contributed by atoms with van der Waals surface area (Å²) in [5.41, 5.74) is 0.565. The number of carbonyl (C=O) groups is 2. The summed E-state index contributed by atoms with van der Waals surface area (Å²) in [6, 6.07) is 9.43. The number of sulfonamides is 1. The normalized spacial score (nSPS) is 21.0. The summed E-state index contributed by atoms with van der Waals surface area (Å²) in [7, 11) is -4.03. The van der Waals surface area contributed by atoms with E-state index in [4.69, 9.17) is 23.2 Å². The lowest BCUT2D eigenvalue weighted by Crippen LogP contribution is -2.42. The molecule has 1 aliphatic heterocycles. The first-order valence-electron chi connectivity index (χ1n) is 10.4. The van der Waals surface area contributed by atoms with Crippen molar-refractivity contribution in [3.63, 3.8) is 0 Å². The Hall–Kier alpha value is -1.59. The second-order valence-electron chi connectivity index (χ2n) is 7.77. The van der Waals surface area contributed by atoms with Crippen LogP contribution < -0.4 is 5.32 Å². The van der Waals surface area contributed by atoms with Crippen LogP contribution in [0.2, 0.25) is 9.36 Å². The second kappa shape index (κ2) is 10.4. The van der Waals surface area contributed by atoms with Crippen molar-refractivity contribution in [3.8, 4) is 0 Å². The number of hydrogen-bond acceptors (Lipinski definition) is 6. The number of thiophene rings is 1. The third kappa shape index (κ3) is 5.92. The number of thioether (sulfide) groups is 1. The molecule has 0 spiro atoms. The molecule has 1 aromatic heterocycles. The predicted molar refractivity (Wildman–Crippen MR) is 134 cm³/mol. The highest BCUT2D eigenvalue weighted by Crippen LogP contribution is 2.37. The molecule has 7 nitrogen and oxygen atoms in total. The zero-order valence-corrected chi connectivity index (χ0v) is 21.3. The highest BCUT2D eigenvalue weighted by atomic mass is 35.5. The number of amides is 2. The van der Waals surface area contributed by atoms with Crippen molar-refractivity contribution in [2.24, 2.45) is 4.40 Å². The monoisotopic (exact) mass is 545 g/mol. The van der Waals surface area contributed by atoms with Crippen LogP contribution in [0.1, 0.15) is 38.5 Å². The molecule has 2 aromatic rings. The topological polar surface area (TPSA) is 95.9 Å². The molecule has 1 unspecified atom stereocenters. The Labute approximate surface area is 210 Å². The van der Waals surface area contributed by atoms with E-state index in [1.54, 1.807) is 24.3 Å². The lowest BCUT2D eigenvalue weighted by atomic mass is 9.94. The highest BCUT2D eigenvalue weighted by Gasteiger charge is 2.43. The molecule has 12 heteroatoms. The van der Waals surface area contributed by atoms with Crippen LogP contribution in [0.5, 0.6) is 0 Å². The number of amidine groups is 1. The first-order chi connectivity index (χ1) is 15.7. The molecule has 2 amide bonds. The number of carbonyl (C=O) groups excluding carboxylic acids is 2. The fraction of sp³-hybridized carbons (Fsp3) is 0.381. The van der Waals surface area contributed by atoms with Gasteiger partial charge in [0.2, 0.25) is 11.8 Å². The number of benzene rings is 1. The molecule has 2 aliphatic rings. The summed E-state index contributed by atoms with van der Waals surface area (Å²) in [6.45, 7) is 0. The molecule has 2 fully saturated rings. The van der Waals surface area contributed by atoms with Crippen LogP contribution in [-0.4, -0.2) is 41.6 Å². The van der Waals surface area contributed by atoms with Crippen LogP contribution in [0, 0.1) is 0 Å². The maximum absolute atomic E-state index is 13.3. The van der Waals surface area contributed by atoms with Gasteiger partial charge in [-0.25, -0.2) is 0 Å². The van der Waals surface area contributed by atoms with Gasteiger partial charge in [0.15, 0.2) is 5.17 Å². The van der Waals surface area contributed by atoms with E-state index in [1.807, 2.05) is 0 Å². The van der Waals surface area contributed by atoms with E-state index in [-0.39, 0.29) is 33.7 Å². The van der Waals surface area contributed by atoms with Gasteiger partial charge in [0.05, 0.1) is 4.34 Å². The van der Waals surface area contributed by atoms with Gasteiger partial charge < -0.3 is 5.32 Å². The Morgan fingerprint density at radius 3 is 2.42 bits per heavy atom. The van der Waals surface area contributed by atoms with Crippen molar-refractivity contribution in [1.82, 2.24) is 4.90 Å². The van der Waals surface area contributed by atoms with E-state index >= 15 is 0 Å². The smallest absolute Gasteiger partial charge is 0.294 e. The minimum Gasteiger partial charge on any atom is -0.326 e. The zero-order valence-electron chi connectivity index (χ0n) is 17.4. The van der Waals surface area contributed by atoms with Crippen molar-refractivity contribution in [2.75, 3.05) is 5.32 Å². The van der Waals surface area contributed by atoms with Gasteiger partial charge in [0, 0.05) is 23.2 Å². The lowest BCUT2D eigenvalue weighted by molar-refractivity contribution is -0.130. The number of hydrogen-bond donors (Lipinski definition) is 1. The predicted octanol–water partition coefficient (Wildman–Crippen LogP) is 5.41. The second-order valence-corrected chi connectivity index (χ2v) is 12.9. The fourth-order valence-corrected chi connectivity index (χ4v) is 7.84.